The van der Waals surface area contributed by atoms with Crippen LogP contribution in [0.1, 0.15) is 18.2 Å². The van der Waals surface area contributed by atoms with Crippen LogP contribution >= 0.6 is 0 Å². The van der Waals surface area contributed by atoms with Crippen molar-refractivity contribution in [3.8, 4) is 0 Å². The molecule has 1 aliphatic heterocycles. The van der Waals surface area contributed by atoms with Gasteiger partial charge in [-0.2, -0.15) is 4.39 Å². The lowest BCUT2D eigenvalue weighted by Crippen LogP contribution is -2.36. The van der Waals surface area contributed by atoms with Crippen LogP contribution < -0.4 is 17.0 Å². The van der Waals surface area contributed by atoms with Gasteiger partial charge >= 0.3 is 11.7 Å². The summed E-state index contributed by atoms with van der Waals surface area (Å²) in [6.45, 7) is -0.153. The zero-order valence-electron chi connectivity index (χ0n) is 14.1. The van der Waals surface area contributed by atoms with Gasteiger partial charge in [-0.15, -0.1) is 0 Å². The Bertz CT molecular complexity index is 956. The van der Waals surface area contributed by atoms with Crippen molar-refractivity contribution < 1.29 is 23.8 Å². The summed E-state index contributed by atoms with van der Waals surface area (Å²) in [5.41, 5.74) is 4.80. The molecule has 0 saturated carbocycles. The van der Waals surface area contributed by atoms with E-state index in [0.29, 0.717) is 17.4 Å². The van der Waals surface area contributed by atoms with Crippen molar-refractivity contribution in [2.75, 3.05) is 12.3 Å². The van der Waals surface area contributed by atoms with Gasteiger partial charge in [-0.1, -0.05) is 18.2 Å². The predicted molar refractivity (Wildman–Crippen MR) is 91.3 cm³/mol. The first kappa shape index (κ1) is 18.8. The summed E-state index contributed by atoms with van der Waals surface area (Å²) in [6, 6.07) is 6.88. The third-order valence-electron chi connectivity index (χ3n) is 4.18. The highest BCUT2D eigenvalue weighted by Crippen LogP contribution is 2.28. The number of aromatic amines is 1. The molecule has 0 amide bonds. The molecule has 2 aromatic rings. The lowest BCUT2D eigenvalue weighted by Gasteiger charge is -2.17. The molecule has 144 valence electrons. The second-order valence-corrected chi connectivity index (χ2v) is 6.15. The Hall–Kier alpha value is -2.98. The molecule has 27 heavy (non-hydrogen) atoms. The zero-order valence-corrected chi connectivity index (χ0v) is 14.1. The first-order valence-corrected chi connectivity index (χ1v) is 8.18. The number of aromatic nitrogens is 2. The Kier molecular flexibility index (Phi) is 5.38. The van der Waals surface area contributed by atoms with Crippen LogP contribution in [-0.4, -0.2) is 39.4 Å². The number of nitrogens with zero attached hydrogens (tertiary/aromatic N) is 1. The lowest BCUT2D eigenvalue weighted by atomic mass is 10.1. The minimum absolute atomic E-state index is 0.0179. The molecule has 1 saturated heterocycles. The highest BCUT2D eigenvalue weighted by molar-refractivity contribution is 5.74. The van der Waals surface area contributed by atoms with Gasteiger partial charge < -0.3 is 20.3 Å². The lowest BCUT2D eigenvalue weighted by molar-refractivity contribution is -0.147. The van der Waals surface area contributed by atoms with Crippen LogP contribution in [-0.2, 0) is 20.7 Å². The summed E-state index contributed by atoms with van der Waals surface area (Å²) < 4.78 is 24.8. The molecule has 0 bridgehead atoms. The van der Waals surface area contributed by atoms with Gasteiger partial charge in [0.25, 0.3) is 5.56 Å². The van der Waals surface area contributed by atoms with E-state index in [0.717, 1.165) is 4.57 Å². The average Bonchev–Trinajstić information content (AvgIpc) is 2.99. The number of nitrogen functional groups attached to an aromatic ring is 1. The van der Waals surface area contributed by atoms with E-state index in [1.165, 1.54) is 0 Å². The Morgan fingerprint density at radius 3 is 2.89 bits per heavy atom. The van der Waals surface area contributed by atoms with E-state index in [1.807, 2.05) is 0 Å². The number of esters is 1. The van der Waals surface area contributed by atoms with Crippen LogP contribution in [0.3, 0.4) is 0 Å². The first-order valence-electron chi connectivity index (χ1n) is 8.18. The molecule has 4 N–H and O–H groups in total. The number of aliphatic hydroxyl groups excluding tert-OH is 1. The Labute approximate surface area is 152 Å². The summed E-state index contributed by atoms with van der Waals surface area (Å²) in [6.07, 6.45) is -2.31. The summed E-state index contributed by atoms with van der Waals surface area (Å²) >= 11 is 0. The van der Waals surface area contributed by atoms with Crippen LogP contribution in [0.15, 0.2) is 40.1 Å². The number of hydrogen-bond acceptors (Lipinski definition) is 7. The fourth-order valence-corrected chi connectivity index (χ4v) is 2.82. The second-order valence-electron chi connectivity index (χ2n) is 6.15. The number of hydrogen-bond donors (Lipinski definition) is 3. The quantitative estimate of drug-likeness (QED) is 0.479. The van der Waals surface area contributed by atoms with E-state index >= 15 is 0 Å². The highest BCUT2D eigenvalue weighted by atomic mass is 19.1. The van der Waals surface area contributed by atoms with Crippen molar-refractivity contribution in [2.45, 2.75) is 31.3 Å². The van der Waals surface area contributed by atoms with Crippen molar-refractivity contribution in [3.63, 3.8) is 0 Å². The fraction of sp³-hybridized carbons (Fsp3) is 0.353. The van der Waals surface area contributed by atoms with Crippen molar-refractivity contribution >= 4 is 11.7 Å². The third kappa shape index (κ3) is 4.23. The van der Waals surface area contributed by atoms with E-state index in [9.17, 15) is 23.9 Å². The van der Waals surface area contributed by atoms with Gasteiger partial charge in [0, 0.05) is 12.1 Å². The van der Waals surface area contributed by atoms with E-state index in [2.05, 4.69) is 0 Å². The molecule has 1 fully saturated rings. The number of aliphatic hydroxyl groups is 1. The van der Waals surface area contributed by atoms with E-state index in [4.69, 9.17) is 15.2 Å². The molecule has 0 spiro atoms. The van der Waals surface area contributed by atoms with Crippen LogP contribution in [0.4, 0.5) is 10.1 Å². The monoisotopic (exact) mass is 379 g/mol. The predicted octanol–water partition coefficient (Wildman–Crippen LogP) is -0.308. The molecule has 0 radical (unpaired) electrons. The summed E-state index contributed by atoms with van der Waals surface area (Å²) in [7, 11) is 0. The maximum Gasteiger partial charge on any atom is 0.330 e. The molecule has 3 atom stereocenters. The number of H-pyrrole nitrogens is 1. The van der Waals surface area contributed by atoms with Crippen molar-refractivity contribution in [1.29, 1.82) is 0 Å². The molecule has 0 aliphatic carbocycles. The Morgan fingerprint density at radius 2 is 2.15 bits per heavy atom. The number of rotatable bonds is 5. The maximum atomic E-state index is 13.4. The zero-order chi connectivity index (χ0) is 19.6. The molecule has 9 nitrogen and oxygen atoms in total. The molecular weight excluding hydrogens is 361 g/mol. The van der Waals surface area contributed by atoms with Gasteiger partial charge in [0.05, 0.1) is 18.7 Å². The van der Waals surface area contributed by atoms with Gasteiger partial charge in [-0.05, 0) is 11.6 Å². The van der Waals surface area contributed by atoms with Crippen LogP contribution in [0, 0.1) is 5.82 Å². The number of nitrogens with two attached hydrogens (primary N) is 1. The van der Waals surface area contributed by atoms with Crippen LogP contribution in [0.25, 0.3) is 0 Å². The number of benzene rings is 1. The topological polar surface area (TPSA) is 137 Å². The summed E-state index contributed by atoms with van der Waals surface area (Å²) in [5, 5.41) is 10.1. The smallest absolute Gasteiger partial charge is 0.330 e. The fourth-order valence-electron chi connectivity index (χ4n) is 2.82. The summed E-state index contributed by atoms with van der Waals surface area (Å²) in [4.78, 5) is 36.6. The van der Waals surface area contributed by atoms with Gasteiger partial charge in [0.15, 0.2) is 6.23 Å². The van der Waals surface area contributed by atoms with Crippen molar-refractivity contribution in [3.05, 3.63) is 62.7 Å². The molecule has 1 aromatic heterocycles. The minimum atomic E-state index is -1.20. The molecule has 2 heterocycles. The standard InChI is InChI=1S/C17H18FN3O6/c18-11-7-21(17(25)20-15(11)24)16-13(22)6-10(27-16)8-26-14(23)5-9-3-1-2-4-12(9)19/h1-4,7,10,13,16,22H,5-6,8,19H2,(H,20,24,25)/t10-,13+,16+/m0/s1. The summed E-state index contributed by atoms with van der Waals surface area (Å²) in [5.74, 6) is -1.71. The van der Waals surface area contributed by atoms with Crippen LogP contribution in [0.2, 0.25) is 0 Å². The minimum Gasteiger partial charge on any atom is -0.463 e. The third-order valence-corrected chi connectivity index (χ3v) is 4.18. The number of carbonyl (C=O) groups excluding carboxylic acids is 1. The van der Waals surface area contributed by atoms with Gasteiger partial charge in [0.2, 0.25) is 5.82 Å². The van der Waals surface area contributed by atoms with E-state index < -0.39 is 41.5 Å². The van der Waals surface area contributed by atoms with Gasteiger partial charge in [-0.25, -0.2) is 4.79 Å². The number of para-hydroxylation sites is 1. The Balaban J connectivity index is 1.60. The normalized spacial score (nSPS) is 21.9. The SMILES string of the molecule is Nc1ccccc1CC(=O)OC[C@@H]1C[C@@H](O)[C@H](n2cc(F)c(=O)[nH]c2=O)O1. The molecular formula is C17H18FN3O6. The van der Waals surface area contributed by atoms with Gasteiger partial charge in [0.1, 0.15) is 12.7 Å². The van der Waals surface area contributed by atoms with Crippen molar-refractivity contribution in [2.24, 2.45) is 0 Å². The van der Waals surface area contributed by atoms with Crippen LogP contribution in [0.5, 0.6) is 0 Å². The number of ether oxygens (including phenoxy) is 2. The molecule has 1 aliphatic rings. The number of anilines is 1. The average molecular weight is 379 g/mol. The van der Waals surface area contributed by atoms with E-state index in [-0.39, 0.29) is 19.4 Å². The number of halogens is 1. The Morgan fingerprint density at radius 1 is 1.41 bits per heavy atom. The first-order chi connectivity index (χ1) is 12.8. The molecule has 1 aromatic carbocycles. The largest absolute Gasteiger partial charge is 0.463 e. The molecule has 10 heteroatoms. The maximum absolute atomic E-state index is 13.4. The second kappa shape index (κ2) is 7.72. The van der Waals surface area contributed by atoms with Crippen molar-refractivity contribution in [1.82, 2.24) is 9.55 Å². The number of carbonyl (C=O) groups is 1. The molecule has 0 unspecified atom stereocenters. The highest BCUT2D eigenvalue weighted by Gasteiger charge is 2.36. The van der Waals surface area contributed by atoms with E-state index in [1.54, 1.807) is 29.2 Å². The van der Waals surface area contributed by atoms with Gasteiger partial charge in [-0.3, -0.25) is 19.1 Å². The molecule has 3 rings (SSSR count). The number of nitrogens with one attached hydrogen (secondary N) is 1.